The predicted molar refractivity (Wildman–Crippen MR) is 159 cm³/mol. The Bertz CT molecular complexity index is 1270. The Hall–Kier alpha value is -2.83. The average Bonchev–Trinajstić information content (AvgIpc) is 2.82. The maximum Gasteiger partial charge on any atom is 0.240 e. The number of rotatable bonds is 8. The number of phenolic OH excluding ortho intramolecular Hbond substituents is 1. The Balaban J connectivity index is 1.66. The summed E-state index contributed by atoms with van der Waals surface area (Å²) >= 11 is 9.44. The maximum absolute atomic E-state index is 12.6. The van der Waals surface area contributed by atoms with Gasteiger partial charge in [0.1, 0.15) is 18.1 Å². The van der Waals surface area contributed by atoms with Crippen molar-refractivity contribution in [1.29, 1.82) is 0 Å². The van der Waals surface area contributed by atoms with Gasteiger partial charge in [-0.2, -0.15) is 5.10 Å². The number of phenols is 1. The highest BCUT2D eigenvalue weighted by Gasteiger charge is 2.26. The number of hydrogen-bond donors (Lipinski definition) is 2. The summed E-state index contributed by atoms with van der Waals surface area (Å²) in [5.74, 6) is 0.795. The van der Waals surface area contributed by atoms with Gasteiger partial charge in [-0.25, -0.2) is 5.43 Å². The summed E-state index contributed by atoms with van der Waals surface area (Å²) in [5.41, 5.74) is 6.71. The minimum atomic E-state index is -0.218. The lowest BCUT2D eigenvalue weighted by Crippen LogP contribution is -2.20. The molecule has 202 valence electrons. The topological polar surface area (TPSA) is 70.9 Å². The fraction of sp³-hybridized carbons (Fsp3) is 0.355. The van der Waals surface area contributed by atoms with Crippen molar-refractivity contribution in [3.05, 3.63) is 91.9 Å². The van der Waals surface area contributed by atoms with Crippen LogP contribution >= 0.6 is 27.5 Å². The molecule has 0 unspecified atom stereocenters. The molecule has 1 amide bonds. The van der Waals surface area contributed by atoms with Gasteiger partial charge >= 0.3 is 0 Å². The van der Waals surface area contributed by atoms with E-state index in [1.54, 1.807) is 6.21 Å². The predicted octanol–water partition coefficient (Wildman–Crippen LogP) is 8.07. The molecule has 3 rings (SSSR count). The largest absolute Gasteiger partial charge is 0.507 e. The molecule has 0 aliphatic heterocycles. The van der Waals surface area contributed by atoms with Gasteiger partial charge in [0.25, 0.3) is 0 Å². The molecular formula is C31H36BrClN2O3. The van der Waals surface area contributed by atoms with E-state index in [4.69, 9.17) is 16.3 Å². The molecule has 0 spiro atoms. The molecule has 3 aromatic rings. The number of carbonyl (C=O) groups excluding carboxylic acids is 1. The molecule has 0 bridgehead atoms. The zero-order chi connectivity index (χ0) is 28.1. The monoisotopic (exact) mass is 598 g/mol. The molecule has 0 heterocycles. The minimum absolute atomic E-state index is 0.192. The quantitative estimate of drug-likeness (QED) is 0.203. The van der Waals surface area contributed by atoms with E-state index in [-0.39, 0.29) is 23.2 Å². The van der Waals surface area contributed by atoms with E-state index in [1.165, 1.54) is 0 Å². The third-order valence-corrected chi connectivity index (χ3v) is 6.84. The van der Waals surface area contributed by atoms with Gasteiger partial charge < -0.3 is 9.84 Å². The number of ether oxygens (including phenoxy) is 1. The van der Waals surface area contributed by atoms with E-state index >= 15 is 0 Å². The third-order valence-electron chi connectivity index (χ3n) is 6.10. The van der Waals surface area contributed by atoms with Crippen LogP contribution in [0.1, 0.15) is 75.8 Å². The number of hydrogen-bond acceptors (Lipinski definition) is 4. The number of aryl methyl sites for hydroxylation is 1. The first kappa shape index (κ1) is 29.7. The van der Waals surface area contributed by atoms with Crippen LogP contribution in [0.15, 0.2) is 64.2 Å². The van der Waals surface area contributed by atoms with E-state index in [1.807, 2.05) is 54.6 Å². The Kier molecular flexibility index (Phi) is 9.66. The van der Waals surface area contributed by atoms with Crippen LogP contribution in [-0.4, -0.2) is 17.2 Å². The number of hydrazone groups is 1. The number of nitrogens with one attached hydrogen (secondary N) is 1. The normalized spacial score (nSPS) is 12.1. The lowest BCUT2D eigenvalue weighted by molar-refractivity contribution is -0.121. The molecule has 0 aromatic heterocycles. The Morgan fingerprint density at radius 3 is 2.16 bits per heavy atom. The van der Waals surface area contributed by atoms with Gasteiger partial charge in [0.2, 0.25) is 5.91 Å². The minimum Gasteiger partial charge on any atom is -0.507 e. The highest BCUT2D eigenvalue weighted by atomic mass is 79.9. The number of amides is 1. The molecule has 0 atom stereocenters. The van der Waals surface area contributed by atoms with E-state index in [9.17, 15) is 9.90 Å². The summed E-state index contributed by atoms with van der Waals surface area (Å²) in [4.78, 5) is 12.6. The highest BCUT2D eigenvalue weighted by Crippen LogP contribution is 2.40. The summed E-state index contributed by atoms with van der Waals surface area (Å²) in [6.07, 6.45) is 2.39. The number of aromatic hydroxyl groups is 1. The van der Waals surface area contributed by atoms with Crippen LogP contribution in [0.25, 0.3) is 0 Å². The SMILES string of the molecule is CC(C)(C)c1cc(CCC(=O)N/N=C\c2cc(Br)ccc2OCc2ccc(Cl)cc2)cc(C(C)(C)C)c1O. The standard InChI is InChI=1S/C31H36BrClN2O3/c1-30(2,3)25-15-21(16-26(29(25)37)31(4,5)6)9-14-28(36)35-34-18-22-17-23(32)10-13-27(22)38-19-20-7-11-24(33)12-8-20/h7-8,10-13,15-18,37H,9,14,19H2,1-6H3,(H,35,36)/b34-18-. The second kappa shape index (κ2) is 12.4. The zero-order valence-electron chi connectivity index (χ0n) is 22.9. The zero-order valence-corrected chi connectivity index (χ0v) is 25.2. The van der Waals surface area contributed by atoms with Crippen LogP contribution in [0.2, 0.25) is 5.02 Å². The smallest absolute Gasteiger partial charge is 0.240 e. The molecule has 0 fully saturated rings. The molecule has 0 saturated carbocycles. The summed E-state index contributed by atoms with van der Waals surface area (Å²) in [6.45, 7) is 12.9. The molecule has 7 heteroatoms. The Morgan fingerprint density at radius 2 is 1.58 bits per heavy atom. The van der Waals surface area contributed by atoms with Gasteiger partial charge in [0, 0.05) is 21.5 Å². The van der Waals surface area contributed by atoms with Crippen LogP contribution < -0.4 is 10.2 Å². The van der Waals surface area contributed by atoms with Gasteiger partial charge in [-0.05, 0) is 69.8 Å². The Morgan fingerprint density at radius 1 is 0.974 bits per heavy atom. The molecule has 0 aliphatic rings. The van der Waals surface area contributed by atoms with Gasteiger partial charge in [-0.3, -0.25) is 4.79 Å². The van der Waals surface area contributed by atoms with Crippen molar-refractivity contribution in [2.75, 3.05) is 0 Å². The van der Waals surface area contributed by atoms with Crippen LogP contribution in [0.4, 0.5) is 0 Å². The van der Waals surface area contributed by atoms with Crippen LogP contribution in [0.3, 0.4) is 0 Å². The molecule has 3 aromatic carbocycles. The molecule has 0 aliphatic carbocycles. The summed E-state index contributed by atoms with van der Waals surface area (Å²) in [5, 5.41) is 15.8. The molecule has 38 heavy (non-hydrogen) atoms. The molecule has 2 N–H and O–H groups in total. The summed E-state index contributed by atoms with van der Waals surface area (Å²) in [7, 11) is 0. The lowest BCUT2D eigenvalue weighted by atomic mass is 9.78. The van der Waals surface area contributed by atoms with Crippen molar-refractivity contribution in [2.45, 2.75) is 71.8 Å². The van der Waals surface area contributed by atoms with Gasteiger partial charge in [0.15, 0.2) is 0 Å². The van der Waals surface area contributed by atoms with Crippen molar-refractivity contribution in [3.63, 3.8) is 0 Å². The molecule has 0 radical (unpaired) electrons. The second-order valence-electron chi connectivity index (χ2n) is 11.4. The molecular weight excluding hydrogens is 564 g/mol. The van der Waals surface area contributed by atoms with Crippen molar-refractivity contribution in [2.24, 2.45) is 5.10 Å². The fourth-order valence-electron chi connectivity index (χ4n) is 3.96. The molecule has 0 saturated heterocycles. The number of nitrogens with zero attached hydrogens (tertiary/aromatic N) is 1. The maximum atomic E-state index is 12.6. The first-order valence-electron chi connectivity index (χ1n) is 12.6. The van der Waals surface area contributed by atoms with E-state index in [2.05, 4.69) is 68.0 Å². The highest BCUT2D eigenvalue weighted by molar-refractivity contribution is 9.10. The van der Waals surface area contributed by atoms with Crippen molar-refractivity contribution in [3.8, 4) is 11.5 Å². The second-order valence-corrected chi connectivity index (χ2v) is 12.8. The summed E-state index contributed by atoms with van der Waals surface area (Å²) < 4.78 is 6.86. The van der Waals surface area contributed by atoms with Crippen LogP contribution in [0.5, 0.6) is 11.5 Å². The first-order valence-corrected chi connectivity index (χ1v) is 13.8. The van der Waals surface area contributed by atoms with Gasteiger partial charge in [0.05, 0.1) is 6.21 Å². The number of benzene rings is 3. The third kappa shape index (κ3) is 8.34. The molecule has 5 nitrogen and oxygen atoms in total. The first-order chi connectivity index (χ1) is 17.7. The van der Waals surface area contributed by atoms with Gasteiger partial charge in [-0.15, -0.1) is 0 Å². The lowest BCUT2D eigenvalue weighted by Gasteiger charge is -2.28. The van der Waals surface area contributed by atoms with Gasteiger partial charge in [-0.1, -0.05) is 93.3 Å². The van der Waals surface area contributed by atoms with Crippen LogP contribution in [0, 0.1) is 0 Å². The number of halogens is 2. The number of carbonyl (C=O) groups is 1. The van der Waals surface area contributed by atoms with Crippen molar-refractivity contribution >= 4 is 39.7 Å². The van der Waals surface area contributed by atoms with Crippen molar-refractivity contribution < 1.29 is 14.6 Å². The van der Waals surface area contributed by atoms with E-state index in [0.717, 1.165) is 32.3 Å². The van der Waals surface area contributed by atoms with Crippen LogP contribution in [-0.2, 0) is 28.7 Å². The van der Waals surface area contributed by atoms with Crippen molar-refractivity contribution in [1.82, 2.24) is 5.43 Å². The van der Waals surface area contributed by atoms with E-state index in [0.29, 0.717) is 29.5 Å². The van der Waals surface area contributed by atoms with E-state index < -0.39 is 0 Å². The Labute approximate surface area is 239 Å². The fourth-order valence-corrected chi connectivity index (χ4v) is 4.47. The average molecular weight is 600 g/mol. The summed E-state index contributed by atoms with van der Waals surface area (Å²) in [6, 6.07) is 17.1.